The number of ether oxygens (including phenoxy) is 1. The Labute approximate surface area is 141 Å². The van der Waals surface area contributed by atoms with Crippen LogP contribution in [0.5, 0.6) is 0 Å². The van der Waals surface area contributed by atoms with Crippen molar-refractivity contribution in [3.63, 3.8) is 0 Å². The number of hydrogen-bond donors (Lipinski definition) is 1. The molecule has 0 aliphatic heterocycles. The Hall–Kier alpha value is -1.56. The van der Waals surface area contributed by atoms with Gasteiger partial charge in [-0.25, -0.2) is 0 Å². The van der Waals surface area contributed by atoms with Crippen LogP contribution in [0.2, 0.25) is 0 Å². The van der Waals surface area contributed by atoms with Crippen LogP contribution >= 0.6 is 0 Å². The van der Waals surface area contributed by atoms with Crippen LogP contribution in [0.3, 0.4) is 0 Å². The summed E-state index contributed by atoms with van der Waals surface area (Å²) in [5.41, 5.74) is -0.148. The van der Waals surface area contributed by atoms with Crippen molar-refractivity contribution in [3.8, 4) is 0 Å². The highest BCUT2D eigenvalue weighted by molar-refractivity contribution is 5.70. The normalized spacial score (nSPS) is 13.6. The number of rotatable bonds is 7. The van der Waals surface area contributed by atoms with Gasteiger partial charge in [0.05, 0.1) is 18.6 Å². The first-order valence-corrected chi connectivity index (χ1v) is 8.06. The molecule has 0 saturated carbocycles. The summed E-state index contributed by atoms with van der Waals surface area (Å²) >= 11 is 0. The Bertz CT molecular complexity index is 536. The van der Waals surface area contributed by atoms with E-state index in [2.05, 4.69) is 26.1 Å². The van der Waals surface area contributed by atoms with Gasteiger partial charge in [-0.3, -0.25) is 4.79 Å². The van der Waals surface area contributed by atoms with E-state index in [-0.39, 0.29) is 30.4 Å². The average molecular weight is 345 g/mol. The standard InChI is InChI=1S/C18H26F3NO2/c1-5-24-16(23)10-15(11-17(2,3)4)22-12-13-7-6-8-14(9-13)18(19,20)21/h6-9,15,22H,5,10-12H2,1-4H3. The van der Waals surface area contributed by atoms with Gasteiger partial charge in [-0.1, -0.05) is 39.0 Å². The van der Waals surface area contributed by atoms with E-state index in [1.807, 2.05) is 0 Å². The van der Waals surface area contributed by atoms with Crippen LogP contribution in [-0.2, 0) is 22.3 Å². The highest BCUT2D eigenvalue weighted by atomic mass is 19.4. The smallest absolute Gasteiger partial charge is 0.416 e. The van der Waals surface area contributed by atoms with E-state index in [0.717, 1.165) is 12.1 Å². The van der Waals surface area contributed by atoms with Crippen molar-refractivity contribution in [2.24, 2.45) is 5.41 Å². The van der Waals surface area contributed by atoms with E-state index in [0.29, 0.717) is 18.6 Å². The molecule has 1 N–H and O–H groups in total. The fourth-order valence-electron chi connectivity index (χ4n) is 2.50. The number of benzene rings is 1. The lowest BCUT2D eigenvalue weighted by Gasteiger charge is -2.26. The topological polar surface area (TPSA) is 38.3 Å². The van der Waals surface area contributed by atoms with Crippen LogP contribution in [-0.4, -0.2) is 18.6 Å². The largest absolute Gasteiger partial charge is 0.466 e. The summed E-state index contributed by atoms with van der Waals surface area (Å²) in [5, 5.41) is 3.19. The van der Waals surface area contributed by atoms with Gasteiger partial charge in [0.2, 0.25) is 0 Å². The van der Waals surface area contributed by atoms with Crippen molar-refractivity contribution >= 4 is 5.97 Å². The lowest BCUT2D eigenvalue weighted by Crippen LogP contribution is -2.35. The molecule has 0 heterocycles. The number of hydrogen-bond acceptors (Lipinski definition) is 3. The fraction of sp³-hybridized carbons (Fsp3) is 0.611. The van der Waals surface area contributed by atoms with Crippen molar-refractivity contribution in [1.82, 2.24) is 5.32 Å². The number of esters is 1. The second-order valence-electron chi connectivity index (χ2n) is 7.05. The molecule has 0 aliphatic rings. The van der Waals surface area contributed by atoms with Gasteiger partial charge in [0, 0.05) is 12.6 Å². The summed E-state index contributed by atoms with van der Waals surface area (Å²) in [7, 11) is 0. The molecule has 0 amide bonds. The Balaban J connectivity index is 2.75. The predicted molar refractivity (Wildman–Crippen MR) is 87.4 cm³/mol. The first kappa shape index (κ1) is 20.5. The molecule has 0 aliphatic carbocycles. The van der Waals surface area contributed by atoms with Crippen LogP contribution in [0.25, 0.3) is 0 Å². The molecule has 136 valence electrons. The number of carbonyl (C=O) groups excluding carboxylic acids is 1. The van der Waals surface area contributed by atoms with Gasteiger partial charge in [-0.15, -0.1) is 0 Å². The summed E-state index contributed by atoms with van der Waals surface area (Å²) in [6.45, 7) is 8.48. The zero-order valence-electron chi connectivity index (χ0n) is 14.7. The van der Waals surface area contributed by atoms with E-state index in [1.54, 1.807) is 13.0 Å². The third-order valence-corrected chi connectivity index (χ3v) is 3.43. The van der Waals surface area contributed by atoms with E-state index in [9.17, 15) is 18.0 Å². The Morgan fingerprint density at radius 2 is 1.92 bits per heavy atom. The van der Waals surface area contributed by atoms with Crippen LogP contribution in [0.15, 0.2) is 24.3 Å². The molecular weight excluding hydrogens is 319 g/mol. The van der Waals surface area contributed by atoms with Crippen LogP contribution in [0.4, 0.5) is 13.2 Å². The third kappa shape index (κ3) is 7.81. The Morgan fingerprint density at radius 1 is 1.25 bits per heavy atom. The van der Waals surface area contributed by atoms with Crippen molar-refractivity contribution in [2.75, 3.05) is 6.61 Å². The lowest BCUT2D eigenvalue weighted by molar-refractivity contribution is -0.143. The number of nitrogens with one attached hydrogen (secondary N) is 1. The highest BCUT2D eigenvalue weighted by Gasteiger charge is 2.30. The summed E-state index contributed by atoms with van der Waals surface area (Å²) in [6.07, 6.45) is -3.44. The second-order valence-corrected chi connectivity index (χ2v) is 7.05. The maximum Gasteiger partial charge on any atom is 0.416 e. The molecule has 24 heavy (non-hydrogen) atoms. The summed E-state index contributed by atoms with van der Waals surface area (Å²) in [4.78, 5) is 11.7. The minimum absolute atomic E-state index is 0.0159. The predicted octanol–water partition coefficient (Wildman–Crippen LogP) is 4.55. The lowest BCUT2D eigenvalue weighted by atomic mass is 9.87. The molecule has 0 fully saturated rings. The number of carbonyl (C=O) groups is 1. The first-order chi connectivity index (χ1) is 11.0. The molecule has 1 aromatic carbocycles. The number of halogens is 3. The fourth-order valence-corrected chi connectivity index (χ4v) is 2.50. The average Bonchev–Trinajstić information content (AvgIpc) is 2.43. The van der Waals surface area contributed by atoms with Crippen LogP contribution in [0.1, 0.15) is 51.7 Å². The number of alkyl halides is 3. The SMILES string of the molecule is CCOC(=O)CC(CC(C)(C)C)NCc1cccc(C(F)(F)F)c1. The van der Waals surface area contributed by atoms with Gasteiger partial charge >= 0.3 is 12.1 Å². The van der Waals surface area contributed by atoms with Crippen molar-refractivity contribution in [2.45, 2.75) is 59.3 Å². The van der Waals surface area contributed by atoms with Gasteiger partial charge in [0.25, 0.3) is 0 Å². The maximum atomic E-state index is 12.8. The maximum absolute atomic E-state index is 12.8. The molecule has 0 bridgehead atoms. The highest BCUT2D eigenvalue weighted by Crippen LogP contribution is 2.29. The molecule has 0 saturated heterocycles. The molecule has 0 radical (unpaired) electrons. The molecule has 0 spiro atoms. The second kappa shape index (κ2) is 8.51. The Morgan fingerprint density at radius 3 is 2.46 bits per heavy atom. The zero-order chi connectivity index (χ0) is 18.4. The summed E-state index contributed by atoms with van der Waals surface area (Å²) in [5.74, 6) is -0.303. The van der Waals surface area contributed by atoms with E-state index >= 15 is 0 Å². The summed E-state index contributed by atoms with van der Waals surface area (Å²) < 4.78 is 43.3. The molecule has 6 heteroatoms. The van der Waals surface area contributed by atoms with E-state index in [4.69, 9.17) is 4.74 Å². The van der Waals surface area contributed by atoms with Crippen molar-refractivity contribution in [3.05, 3.63) is 35.4 Å². The van der Waals surface area contributed by atoms with Gasteiger partial charge in [-0.05, 0) is 30.4 Å². The molecule has 1 aromatic rings. The molecule has 1 unspecified atom stereocenters. The molecule has 3 nitrogen and oxygen atoms in total. The van der Waals surface area contributed by atoms with Crippen molar-refractivity contribution in [1.29, 1.82) is 0 Å². The first-order valence-electron chi connectivity index (χ1n) is 8.06. The Kier molecular flexibility index (Phi) is 7.27. The van der Waals surface area contributed by atoms with Gasteiger partial charge in [0.15, 0.2) is 0 Å². The monoisotopic (exact) mass is 345 g/mol. The third-order valence-electron chi connectivity index (χ3n) is 3.43. The van der Waals surface area contributed by atoms with Crippen LogP contribution in [0, 0.1) is 5.41 Å². The van der Waals surface area contributed by atoms with Crippen molar-refractivity contribution < 1.29 is 22.7 Å². The van der Waals surface area contributed by atoms with Crippen LogP contribution < -0.4 is 5.32 Å². The molecule has 0 aromatic heterocycles. The minimum atomic E-state index is -4.36. The van der Waals surface area contributed by atoms with Gasteiger partial charge in [0.1, 0.15) is 0 Å². The minimum Gasteiger partial charge on any atom is -0.466 e. The zero-order valence-corrected chi connectivity index (χ0v) is 14.7. The molecule has 1 atom stereocenters. The molecular formula is C18H26F3NO2. The van der Waals surface area contributed by atoms with E-state index in [1.165, 1.54) is 6.07 Å². The summed E-state index contributed by atoms with van der Waals surface area (Å²) in [6, 6.07) is 5.06. The molecule has 1 rings (SSSR count). The van der Waals surface area contributed by atoms with E-state index < -0.39 is 11.7 Å². The van der Waals surface area contributed by atoms with Gasteiger partial charge in [-0.2, -0.15) is 13.2 Å². The van der Waals surface area contributed by atoms with Gasteiger partial charge < -0.3 is 10.1 Å². The quantitative estimate of drug-likeness (QED) is 0.737.